The molecule has 1 saturated heterocycles. The van der Waals surface area contributed by atoms with Gasteiger partial charge < -0.3 is 20.7 Å². The molecule has 2 aromatic rings. The molecular formula is C27H28F4N4O5. The molecule has 1 aliphatic heterocycles. The van der Waals surface area contributed by atoms with Crippen LogP contribution in [0.15, 0.2) is 42.5 Å². The molecule has 0 saturated carbocycles. The van der Waals surface area contributed by atoms with Crippen LogP contribution >= 0.6 is 0 Å². The maximum absolute atomic E-state index is 13.6. The smallest absolute Gasteiger partial charge is 0.418 e. The van der Waals surface area contributed by atoms with Crippen LogP contribution in [0.2, 0.25) is 0 Å². The molecule has 13 heteroatoms. The van der Waals surface area contributed by atoms with Gasteiger partial charge in [0.05, 0.1) is 5.54 Å². The zero-order chi connectivity index (χ0) is 29.6. The number of aryl methyl sites for hydroxylation is 1. The highest BCUT2D eigenvalue weighted by Crippen LogP contribution is 2.46. The first-order chi connectivity index (χ1) is 18.5. The third-order valence-corrected chi connectivity index (χ3v) is 7.02. The van der Waals surface area contributed by atoms with E-state index in [4.69, 9.17) is 10.5 Å². The number of rotatable bonds is 7. The summed E-state index contributed by atoms with van der Waals surface area (Å²) in [7, 11) is 0. The van der Waals surface area contributed by atoms with Gasteiger partial charge in [-0.05, 0) is 62.6 Å². The van der Waals surface area contributed by atoms with Gasteiger partial charge in [-0.1, -0.05) is 18.2 Å². The Morgan fingerprint density at radius 3 is 2.40 bits per heavy atom. The number of fused-ring (bicyclic) bond motifs is 2. The summed E-state index contributed by atoms with van der Waals surface area (Å²) in [5.41, 5.74) is 4.55. The molecule has 4 rings (SSSR count). The minimum Gasteiger partial charge on any atom is -0.427 e. The summed E-state index contributed by atoms with van der Waals surface area (Å²) >= 11 is 0. The van der Waals surface area contributed by atoms with E-state index in [9.17, 15) is 36.7 Å². The zero-order valence-electron chi connectivity index (χ0n) is 22.0. The van der Waals surface area contributed by atoms with Crippen molar-refractivity contribution in [1.82, 2.24) is 9.80 Å². The highest BCUT2D eigenvalue weighted by molar-refractivity contribution is 6.06. The molecule has 0 unspecified atom stereocenters. The first-order valence-corrected chi connectivity index (χ1v) is 12.4. The van der Waals surface area contributed by atoms with Crippen LogP contribution < -0.4 is 11.1 Å². The van der Waals surface area contributed by atoms with Gasteiger partial charge in [-0.2, -0.15) is 13.2 Å². The molecule has 1 heterocycles. The van der Waals surface area contributed by atoms with Gasteiger partial charge in [0.1, 0.15) is 18.4 Å². The number of carbonyl (C=O) groups is 4. The number of nitrogens with one attached hydrogen (secondary N) is 1. The monoisotopic (exact) mass is 564 g/mol. The van der Waals surface area contributed by atoms with Crippen molar-refractivity contribution in [2.24, 2.45) is 5.73 Å². The second-order valence-corrected chi connectivity index (χ2v) is 10.5. The van der Waals surface area contributed by atoms with Gasteiger partial charge in [-0.15, -0.1) is 0 Å². The lowest BCUT2D eigenvalue weighted by Crippen LogP contribution is -2.51. The number of hydrogen-bond donors (Lipinski definition) is 2. The van der Waals surface area contributed by atoms with Crippen molar-refractivity contribution < 1.29 is 41.5 Å². The Labute approximate surface area is 227 Å². The summed E-state index contributed by atoms with van der Waals surface area (Å²) in [6.07, 6.45) is -5.61. The van der Waals surface area contributed by atoms with Gasteiger partial charge >= 0.3 is 12.3 Å². The summed E-state index contributed by atoms with van der Waals surface area (Å²) in [4.78, 5) is 52.6. The number of nitrogens with zero attached hydrogens (tertiary/aromatic N) is 2. The number of alkyl halides is 3. The minimum atomic E-state index is -4.80. The Morgan fingerprint density at radius 1 is 1.15 bits per heavy atom. The van der Waals surface area contributed by atoms with Crippen LogP contribution in [0.4, 0.5) is 28.0 Å². The average Bonchev–Trinajstić information content (AvgIpc) is 3.34. The molecule has 4 amide bonds. The molecular weight excluding hydrogens is 536 g/mol. The normalized spacial score (nSPS) is 19.4. The minimum absolute atomic E-state index is 0.0512. The van der Waals surface area contributed by atoms with E-state index in [1.54, 1.807) is 6.07 Å². The van der Waals surface area contributed by atoms with Crippen molar-refractivity contribution in [1.29, 1.82) is 0 Å². The number of amides is 4. The van der Waals surface area contributed by atoms with Gasteiger partial charge in [0.25, 0.3) is 5.91 Å². The van der Waals surface area contributed by atoms with Crippen LogP contribution in [0.5, 0.6) is 0 Å². The first kappa shape index (κ1) is 29.0. The van der Waals surface area contributed by atoms with Crippen LogP contribution in [0, 0.1) is 5.82 Å². The van der Waals surface area contributed by atoms with Crippen LogP contribution in [0.1, 0.15) is 43.9 Å². The number of ether oxygens (including phenoxy) is 1. The largest absolute Gasteiger partial charge is 0.427 e. The molecule has 0 bridgehead atoms. The lowest BCUT2D eigenvalue weighted by atomic mass is 9.94. The summed E-state index contributed by atoms with van der Waals surface area (Å²) in [6, 6.07) is 6.97. The molecule has 1 fully saturated rings. The Kier molecular flexibility index (Phi) is 7.39. The summed E-state index contributed by atoms with van der Waals surface area (Å²) < 4.78 is 59.6. The molecule has 3 N–H and O–H groups in total. The van der Waals surface area contributed by atoms with Gasteiger partial charge in [0, 0.05) is 24.2 Å². The fraction of sp³-hybridized carbons (Fsp3) is 0.407. The van der Waals surface area contributed by atoms with Crippen molar-refractivity contribution in [2.75, 3.05) is 11.9 Å². The van der Waals surface area contributed by atoms with E-state index in [0.29, 0.717) is 33.0 Å². The number of nitrogens with two attached hydrogens (primary N) is 1. The summed E-state index contributed by atoms with van der Waals surface area (Å²) in [5, 5.41) is 2.67. The van der Waals surface area contributed by atoms with Crippen LogP contribution in [-0.2, 0) is 37.7 Å². The molecule has 1 spiro atoms. The third kappa shape index (κ3) is 5.51. The second-order valence-electron chi connectivity index (χ2n) is 10.5. The lowest BCUT2D eigenvalue weighted by molar-refractivity contribution is -0.187. The fourth-order valence-corrected chi connectivity index (χ4v) is 4.65. The molecule has 1 aliphatic carbocycles. The Bertz CT molecular complexity index is 1360. The van der Waals surface area contributed by atoms with E-state index in [1.165, 1.54) is 38.1 Å². The van der Waals surface area contributed by atoms with E-state index in [2.05, 4.69) is 5.32 Å². The SMILES string of the molecule is C[C@H](N(Cc1ccc(F)cc1)C(=O)CN1C(=O)O[C@@]2(CCc3cc(NC(=O)C(C)(C)N)ccc32)C1=O)C(F)(F)F. The highest BCUT2D eigenvalue weighted by atomic mass is 19.4. The quantitative estimate of drug-likeness (QED) is 0.496. The molecule has 2 atom stereocenters. The molecule has 0 aromatic heterocycles. The van der Waals surface area contributed by atoms with Crippen molar-refractivity contribution in [2.45, 2.75) is 63.5 Å². The predicted octanol–water partition coefficient (Wildman–Crippen LogP) is 3.60. The first-order valence-electron chi connectivity index (χ1n) is 12.4. The van der Waals surface area contributed by atoms with E-state index in [-0.39, 0.29) is 12.0 Å². The van der Waals surface area contributed by atoms with Gasteiger partial charge in [0.15, 0.2) is 0 Å². The maximum atomic E-state index is 13.6. The number of benzene rings is 2. The molecule has 214 valence electrons. The van der Waals surface area contributed by atoms with Gasteiger partial charge in [0.2, 0.25) is 17.4 Å². The number of hydrogen-bond acceptors (Lipinski definition) is 6. The number of imide groups is 1. The Morgan fingerprint density at radius 2 is 1.80 bits per heavy atom. The molecule has 2 aliphatic rings. The van der Waals surface area contributed by atoms with E-state index < -0.39 is 66.1 Å². The Balaban J connectivity index is 1.55. The van der Waals surface area contributed by atoms with Crippen molar-refractivity contribution in [3.05, 3.63) is 65.0 Å². The fourth-order valence-electron chi connectivity index (χ4n) is 4.65. The molecule has 9 nitrogen and oxygen atoms in total. The van der Waals surface area contributed by atoms with E-state index >= 15 is 0 Å². The van der Waals surface area contributed by atoms with E-state index in [0.717, 1.165) is 19.1 Å². The maximum Gasteiger partial charge on any atom is 0.418 e. The average molecular weight is 565 g/mol. The zero-order valence-corrected chi connectivity index (χ0v) is 22.0. The lowest BCUT2D eigenvalue weighted by Gasteiger charge is -2.31. The highest BCUT2D eigenvalue weighted by Gasteiger charge is 2.58. The second kappa shape index (κ2) is 10.2. The third-order valence-electron chi connectivity index (χ3n) is 7.02. The van der Waals surface area contributed by atoms with Crippen LogP contribution in [-0.4, -0.2) is 57.9 Å². The summed E-state index contributed by atoms with van der Waals surface area (Å²) in [6.45, 7) is 2.35. The number of carbonyl (C=O) groups excluding carboxylic acids is 4. The van der Waals surface area contributed by atoms with E-state index in [1.807, 2.05) is 0 Å². The topological polar surface area (TPSA) is 122 Å². The van der Waals surface area contributed by atoms with Gasteiger partial charge in [-0.3, -0.25) is 14.4 Å². The van der Waals surface area contributed by atoms with Crippen LogP contribution in [0.3, 0.4) is 0 Å². The van der Waals surface area contributed by atoms with Crippen molar-refractivity contribution in [3.63, 3.8) is 0 Å². The number of anilines is 1. The van der Waals surface area contributed by atoms with Crippen molar-refractivity contribution >= 4 is 29.5 Å². The number of halogens is 4. The molecule has 0 radical (unpaired) electrons. The summed E-state index contributed by atoms with van der Waals surface area (Å²) in [5.74, 6) is -3.05. The molecule has 40 heavy (non-hydrogen) atoms. The molecule has 2 aromatic carbocycles. The van der Waals surface area contributed by atoms with Crippen LogP contribution in [0.25, 0.3) is 0 Å². The standard InChI is InChI=1S/C27H28F4N4O5/c1-15(27(29,30)31)34(13-16-4-6-18(28)7-5-16)21(36)14-35-23(38)26(40-24(35)39)11-10-17-12-19(8-9-20(17)26)33-22(37)25(2,3)32/h4-9,12,15H,10-11,13-14,32H2,1-3H3,(H,33,37)/t15-,26+/m0/s1. The van der Waals surface area contributed by atoms with Crippen molar-refractivity contribution in [3.8, 4) is 0 Å². The Hall–Kier alpha value is -4.00. The van der Waals surface area contributed by atoms with Gasteiger partial charge in [-0.25, -0.2) is 14.1 Å². The predicted molar refractivity (Wildman–Crippen MR) is 134 cm³/mol.